The van der Waals surface area contributed by atoms with E-state index in [-0.39, 0.29) is 29.4 Å². The van der Waals surface area contributed by atoms with Crippen LogP contribution in [0.15, 0.2) is 15.6 Å². The Hall–Kier alpha value is -1.87. The number of carbonyl (C=O) groups is 2. The lowest BCUT2D eigenvalue weighted by Crippen LogP contribution is -2.28. The zero-order valence-corrected chi connectivity index (χ0v) is 13.8. The molecule has 1 N–H and O–H groups in total. The molecule has 1 heterocycles. The van der Waals surface area contributed by atoms with Crippen LogP contribution in [0, 0.1) is 6.92 Å². The van der Waals surface area contributed by atoms with Crippen LogP contribution in [0.1, 0.15) is 29.0 Å². The molecule has 0 saturated heterocycles. The number of amides is 1. The summed E-state index contributed by atoms with van der Waals surface area (Å²) in [5, 5.41) is 8.29. The molecular formula is C13H20N2O6S. The van der Waals surface area contributed by atoms with Crippen molar-refractivity contribution in [2.24, 2.45) is 0 Å². The van der Waals surface area contributed by atoms with Crippen molar-refractivity contribution in [1.29, 1.82) is 0 Å². The molecule has 1 aromatic heterocycles. The van der Waals surface area contributed by atoms with Gasteiger partial charge in [-0.25, -0.2) is 12.7 Å². The van der Waals surface area contributed by atoms with Crippen molar-refractivity contribution in [1.82, 2.24) is 9.21 Å². The third-order valence-corrected chi connectivity index (χ3v) is 4.76. The highest BCUT2D eigenvalue weighted by atomic mass is 32.2. The number of aliphatic carboxylic acids is 1. The second-order valence-electron chi connectivity index (χ2n) is 5.05. The summed E-state index contributed by atoms with van der Waals surface area (Å²) in [5.74, 6) is -1.14. The molecule has 0 atom stereocenters. The fourth-order valence-corrected chi connectivity index (χ4v) is 2.61. The van der Waals surface area contributed by atoms with Crippen molar-refractivity contribution in [2.75, 3.05) is 27.7 Å². The number of hydrogen-bond donors (Lipinski definition) is 1. The molecule has 1 amide bonds. The van der Waals surface area contributed by atoms with Crippen molar-refractivity contribution in [3.05, 3.63) is 17.4 Å². The third kappa shape index (κ3) is 4.08. The first-order valence-corrected chi connectivity index (χ1v) is 8.01. The molecule has 0 aliphatic heterocycles. The van der Waals surface area contributed by atoms with E-state index in [0.717, 1.165) is 4.31 Å². The molecular weight excluding hydrogens is 312 g/mol. The van der Waals surface area contributed by atoms with E-state index in [2.05, 4.69) is 0 Å². The maximum Gasteiger partial charge on any atom is 0.303 e. The first-order chi connectivity index (χ1) is 10.1. The average Bonchev–Trinajstić information content (AvgIpc) is 2.79. The van der Waals surface area contributed by atoms with Crippen LogP contribution in [0.4, 0.5) is 0 Å². The minimum absolute atomic E-state index is 0.0394. The minimum atomic E-state index is -3.75. The summed E-state index contributed by atoms with van der Waals surface area (Å²) in [5.41, 5.74) is 0.151. The van der Waals surface area contributed by atoms with Crippen LogP contribution in [-0.4, -0.2) is 62.3 Å². The van der Waals surface area contributed by atoms with E-state index in [1.807, 2.05) is 0 Å². The molecule has 124 valence electrons. The monoisotopic (exact) mass is 332 g/mol. The van der Waals surface area contributed by atoms with E-state index in [1.54, 1.807) is 0 Å². The fraction of sp³-hybridized carbons (Fsp3) is 0.538. The Morgan fingerprint density at radius 2 is 1.86 bits per heavy atom. The summed E-state index contributed by atoms with van der Waals surface area (Å²) in [4.78, 5) is 24.1. The van der Waals surface area contributed by atoms with Crippen LogP contribution in [0.5, 0.6) is 0 Å². The van der Waals surface area contributed by atoms with Gasteiger partial charge in [-0.15, -0.1) is 0 Å². The van der Waals surface area contributed by atoms with E-state index in [1.165, 1.54) is 39.0 Å². The van der Waals surface area contributed by atoms with Crippen LogP contribution in [-0.2, 0) is 14.8 Å². The maximum atomic E-state index is 12.3. The van der Waals surface area contributed by atoms with Gasteiger partial charge in [-0.3, -0.25) is 9.59 Å². The first kappa shape index (κ1) is 18.2. The Labute approximate surface area is 129 Å². The molecule has 0 spiro atoms. The van der Waals surface area contributed by atoms with Gasteiger partial charge in [0.15, 0.2) is 0 Å². The highest BCUT2D eigenvalue weighted by Crippen LogP contribution is 2.22. The molecule has 0 bridgehead atoms. The first-order valence-electron chi connectivity index (χ1n) is 6.57. The molecule has 1 rings (SSSR count). The molecule has 1 aromatic rings. The summed E-state index contributed by atoms with van der Waals surface area (Å²) >= 11 is 0. The Morgan fingerprint density at radius 3 is 2.36 bits per heavy atom. The van der Waals surface area contributed by atoms with Crippen LogP contribution in [0.25, 0.3) is 0 Å². The predicted octanol–water partition coefficient (Wildman–Crippen LogP) is 0.775. The third-order valence-electron chi connectivity index (χ3n) is 3.09. The lowest BCUT2D eigenvalue weighted by Gasteiger charge is -2.15. The summed E-state index contributed by atoms with van der Waals surface area (Å²) in [7, 11) is 0.512. The summed E-state index contributed by atoms with van der Waals surface area (Å²) in [6, 6.07) is 1.20. The zero-order chi connectivity index (χ0) is 17.1. The number of carboxylic acids is 1. The van der Waals surface area contributed by atoms with Gasteiger partial charge in [0, 0.05) is 40.2 Å². The number of aryl methyl sites for hydroxylation is 1. The van der Waals surface area contributed by atoms with Crippen LogP contribution in [0.3, 0.4) is 0 Å². The van der Waals surface area contributed by atoms with Crippen LogP contribution >= 0.6 is 0 Å². The van der Waals surface area contributed by atoms with Crippen LogP contribution < -0.4 is 0 Å². The standard InChI is InChI=1S/C13H20N2O6S/c1-9-10(8-12(21-9)22(19,20)14(2)3)13(18)15(4)7-5-6-11(16)17/h8H,5-7H2,1-4H3,(H,16,17). The second-order valence-corrected chi connectivity index (χ2v) is 7.13. The molecule has 0 unspecified atom stereocenters. The Morgan fingerprint density at radius 1 is 1.27 bits per heavy atom. The van der Waals surface area contributed by atoms with E-state index < -0.39 is 21.9 Å². The molecule has 8 nitrogen and oxygen atoms in total. The number of nitrogens with zero attached hydrogens (tertiary/aromatic N) is 2. The van der Waals surface area contributed by atoms with Gasteiger partial charge in [0.25, 0.3) is 15.9 Å². The van der Waals surface area contributed by atoms with Gasteiger partial charge in [0.05, 0.1) is 5.56 Å². The van der Waals surface area contributed by atoms with Gasteiger partial charge in [-0.05, 0) is 13.3 Å². The van der Waals surface area contributed by atoms with E-state index in [0.29, 0.717) is 6.42 Å². The quantitative estimate of drug-likeness (QED) is 0.790. The maximum absolute atomic E-state index is 12.3. The predicted molar refractivity (Wildman–Crippen MR) is 78.1 cm³/mol. The van der Waals surface area contributed by atoms with E-state index in [4.69, 9.17) is 9.52 Å². The Kier molecular flexibility index (Phi) is 5.72. The average molecular weight is 332 g/mol. The van der Waals surface area contributed by atoms with Gasteiger partial charge in [-0.2, -0.15) is 0 Å². The van der Waals surface area contributed by atoms with Crippen molar-refractivity contribution >= 4 is 21.9 Å². The normalized spacial score (nSPS) is 11.7. The van der Waals surface area contributed by atoms with E-state index in [9.17, 15) is 18.0 Å². The zero-order valence-electron chi connectivity index (χ0n) is 13.0. The molecule has 0 aliphatic rings. The minimum Gasteiger partial charge on any atom is -0.481 e. The van der Waals surface area contributed by atoms with Gasteiger partial charge < -0.3 is 14.4 Å². The van der Waals surface area contributed by atoms with Crippen molar-refractivity contribution in [3.8, 4) is 0 Å². The molecule has 0 radical (unpaired) electrons. The Bertz CT molecular complexity index is 662. The van der Waals surface area contributed by atoms with Crippen LogP contribution in [0.2, 0.25) is 0 Å². The van der Waals surface area contributed by atoms with Crippen molar-refractivity contribution < 1.29 is 27.5 Å². The summed E-state index contributed by atoms with van der Waals surface area (Å²) < 4.78 is 30.1. The number of hydrogen-bond acceptors (Lipinski definition) is 5. The smallest absolute Gasteiger partial charge is 0.303 e. The number of sulfonamides is 1. The van der Waals surface area contributed by atoms with Crippen molar-refractivity contribution in [2.45, 2.75) is 24.9 Å². The largest absolute Gasteiger partial charge is 0.481 e. The van der Waals surface area contributed by atoms with Gasteiger partial charge >= 0.3 is 5.97 Å². The number of rotatable bonds is 7. The lowest BCUT2D eigenvalue weighted by atomic mass is 10.2. The number of carboxylic acid groups (broad SMARTS) is 1. The van der Waals surface area contributed by atoms with Gasteiger partial charge in [0.2, 0.25) is 5.09 Å². The number of furan rings is 1. The molecule has 0 fully saturated rings. The highest BCUT2D eigenvalue weighted by molar-refractivity contribution is 7.88. The molecule has 0 aromatic carbocycles. The SMILES string of the molecule is Cc1oc(S(=O)(=O)N(C)C)cc1C(=O)N(C)CCCC(=O)O. The second kappa shape index (κ2) is 6.93. The summed E-state index contributed by atoms with van der Waals surface area (Å²) in [6.45, 7) is 1.76. The highest BCUT2D eigenvalue weighted by Gasteiger charge is 2.26. The number of carbonyl (C=O) groups excluding carboxylic acids is 1. The van der Waals surface area contributed by atoms with Gasteiger partial charge in [-0.1, -0.05) is 0 Å². The molecule has 9 heteroatoms. The van der Waals surface area contributed by atoms with Crippen molar-refractivity contribution in [3.63, 3.8) is 0 Å². The molecule has 0 aliphatic carbocycles. The molecule has 22 heavy (non-hydrogen) atoms. The summed E-state index contributed by atoms with van der Waals surface area (Å²) in [6.07, 6.45) is 0.277. The molecule has 0 saturated carbocycles. The van der Waals surface area contributed by atoms with E-state index >= 15 is 0 Å². The topological polar surface area (TPSA) is 108 Å². The Balaban J connectivity index is 2.91. The van der Waals surface area contributed by atoms with Gasteiger partial charge in [0.1, 0.15) is 5.76 Å². The lowest BCUT2D eigenvalue weighted by molar-refractivity contribution is -0.137. The fourth-order valence-electron chi connectivity index (χ4n) is 1.75.